The average Bonchev–Trinajstić information content (AvgIpc) is 3.27. The molecule has 8 nitrogen and oxygen atoms in total. The van der Waals surface area contributed by atoms with Gasteiger partial charge in [-0.05, 0) is 23.8 Å². The van der Waals surface area contributed by atoms with Crippen molar-refractivity contribution in [3.05, 3.63) is 29.5 Å². The molecule has 0 spiro atoms. The second-order valence-corrected chi connectivity index (χ2v) is 6.41. The Kier molecular flexibility index (Phi) is 4.77. The number of ether oxygens (including phenoxy) is 3. The highest BCUT2D eigenvalue weighted by Gasteiger charge is 2.23. The van der Waals surface area contributed by atoms with Gasteiger partial charge in [0.15, 0.2) is 11.5 Å². The van der Waals surface area contributed by atoms with Crippen LogP contribution in [0.25, 0.3) is 6.08 Å². The van der Waals surface area contributed by atoms with E-state index in [9.17, 15) is 4.79 Å². The average molecular weight is 358 g/mol. The lowest BCUT2D eigenvalue weighted by Gasteiger charge is -2.28. The number of carbonyl (C=O) groups is 1. The monoisotopic (exact) mass is 358 g/mol. The van der Waals surface area contributed by atoms with Gasteiger partial charge < -0.3 is 19.1 Å². The minimum absolute atomic E-state index is 0.198. The van der Waals surface area contributed by atoms with Crippen LogP contribution in [0.15, 0.2) is 28.9 Å². The number of likely N-dealkylation sites (N-methyl/N-ethyl adjacent to an activating group) is 1. The minimum atomic E-state index is -0.198. The summed E-state index contributed by atoms with van der Waals surface area (Å²) < 4.78 is 16.0. The van der Waals surface area contributed by atoms with Gasteiger partial charge in [-0.3, -0.25) is 15.0 Å². The van der Waals surface area contributed by atoms with Gasteiger partial charge >= 0.3 is 0 Å². The second-order valence-electron chi connectivity index (χ2n) is 6.41. The van der Waals surface area contributed by atoms with E-state index in [1.165, 1.54) is 0 Å². The molecule has 26 heavy (non-hydrogen) atoms. The van der Waals surface area contributed by atoms with E-state index in [0.717, 1.165) is 50.7 Å². The standard InChI is InChI=1S/C18H22N4O4/c1-21(4-5-22-6-8-24-9-7-22)18-19-14(17(23)20-18)10-13-2-3-15-16(11-13)26-12-25-15/h2-3,10-11H,4-9,12H2,1H3,(H,19,20,23). The van der Waals surface area contributed by atoms with Crippen LogP contribution in [-0.2, 0) is 9.53 Å². The molecule has 0 bridgehead atoms. The molecule has 1 saturated heterocycles. The van der Waals surface area contributed by atoms with E-state index >= 15 is 0 Å². The molecule has 0 aromatic heterocycles. The highest BCUT2D eigenvalue weighted by atomic mass is 16.7. The summed E-state index contributed by atoms with van der Waals surface area (Å²) in [5.74, 6) is 1.78. The molecule has 1 fully saturated rings. The predicted molar refractivity (Wildman–Crippen MR) is 96.0 cm³/mol. The van der Waals surface area contributed by atoms with Crippen molar-refractivity contribution < 1.29 is 19.0 Å². The predicted octanol–water partition coefficient (Wildman–Crippen LogP) is 0.506. The van der Waals surface area contributed by atoms with Crippen LogP contribution in [-0.4, -0.2) is 74.9 Å². The maximum atomic E-state index is 12.2. The number of nitrogens with one attached hydrogen (secondary N) is 1. The van der Waals surface area contributed by atoms with Crippen molar-refractivity contribution in [3.8, 4) is 11.5 Å². The molecule has 138 valence electrons. The lowest BCUT2D eigenvalue weighted by atomic mass is 10.1. The lowest BCUT2D eigenvalue weighted by molar-refractivity contribution is -0.115. The Morgan fingerprint density at radius 1 is 1.27 bits per heavy atom. The molecular formula is C18H22N4O4. The molecular weight excluding hydrogens is 336 g/mol. The van der Waals surface area contributed by atoms with Gasteiger partial charge in [-0.2, -0.15) is 0 Å². The van der Waals surface area contributed by atoms with E-state index in [0.29, 0.717) is 17.4 Å². The van der Waals surface area contributed by atoms with Gasteiger partial charge in [0.25, 0.3) is 5.91 Å². The number of nitrogens with zero attached hydrogens (tertiary/aromatic N) is 3. The van der Waals surface area contributed by atoms with Crippen LogP contribution in [0.3, 0.4) is 0 Å². The Morgan fingerprint density at radius 3 is 2.92 bits per heavy atom. The molecule has 0 radical (unpaired) electrons. The number of hydrogen-bond acceptors (Lipinski definition) is 7. The van der Waals surface area contributed by atoms with Gasteiger partial charge in [0.1, 0.15) is 5.70 Å². The van der Waals surface area contributed by atoms with Gasteiger partial charge in [-0.25, -0.2) is 4.99 Å². The first-order valence-electron chi connectivity index (χ1n) is 8.72. The Morgan fingerprint density at radius 2 is 2.08 bits per heavy atom. The number of hydrogen-bond donors (Lipinski definition) is 1. The zero-order valence-corrected chi connectivity index (χ0v) is 14.7. The second kappa shape index (κ2) is 7.35. The van der Waals surface area contributed by atoms with E-state index in [2.05, 4.69) is 15.2 Å². The highest BCUT2D eigenvalue weighted by molar-refractivity contribution is 6.13. The fourth-order valence-electron chi connectivity index (χ4n) is 3.02. The third-order valence-electron chi connectivity index (χ3n) is 4.60. The first-order chi connectivity index (χ1) is 12.7. The summed E-state index contributed by atoms with van der Waals surface area (Å²) in [4.78, 5) is 21.0. The number of guanidine groups is 1. The van der Waals surface area contributed by atoms with Gasteiger partial charge in [-0.15, -0.1) is 0 Å². The number of benzene rings is 1. The van der Waals surface area contributed by atoms with Crippen molar-refractivity contribution in [2.75, 3.05) is 53.2 Å². The molecule has 1 N–H and O–H groups in total. The van der Waals surface area contributed by atoms with Gasteiger partial charge in [0.2, 0.25) is 12.8 Å². The molecule has 0 atom stereocenters. The number of carbonyl (C=O) groups excluding carboxylic acids is 1. The molecule has 3 aliphatic rings. The molecule has 3 aliphatic heterocycles. The maximum Gasteiger partial charge on any atom is 0.276 e. The summed E-state index contributed by atoms with van der Waals surface area (Å²) >= 11 is 0. The largest absolute Gasteiger partial charge is 0.454 e. The summed E-state index contributed by atoms with van der Waals surface area (Å²) in [6.45, 7) is 5.38. The zero-order valence-electron chi connectivity index (χ0n) is 14.7. The SMILES string of the molecule is CN(CCN1CCOCC1)C1=NC(=Cc2ccc3c(c2)OCO3)C(=O)N1. The fourth-order valence-corrected chi connectivity index (χ4v) is 3.02. The molecule has 4 rings (SSSR count). The lowest BCUT2D eigenvalue weighted by Crippen LogP contribution is -2.44. The van der Waals surface area contributed by atoms with Crippen LogP contribution in [0.2, 0.25) is 0 Å². The molecule has 1 aromatic carbocycles. The van der Waals surface area contributed by atoms with Crippen molar-refractivity contribution in [3.63, 3.8) is 0 Å². The number of morpholine rings is 1. The molecule has 1 amide bonds. The molecule has 8 heteroatoms. The Balaban J connectivity index is 1.41. The molecule has 0 saturated carbocycles. The van der Waals surface area contributed by atoms with Crippen LogP contribution < -0.4 is 14.8 Å². The zero-order chi connectivity index (χ0) is 17.9. The fraction of sp³-hybridized carbons (Fsp3) is 0.444. The van der Waals surface area contributed by atoms with Gasteiger partial charge in [-0.1, -0.05) is 6.07 Å². The van der Waals surface area contributed by atoms with Crippen LogP contribution in [0, 0.1) is 0 Å². The van der Waals surface area contributed by atoms with Gasteiger partial charge in [0, 0.05) is 33.2 Å². The third-order valence-corrected chi connectivity index (χ3v) is 4.60. The number of fused-ring (bicyclic) bond motifs is 1. The summed E-state index contributed by atoms with van der Waals surface area (Å²) in [6, 6.07) is 5.56. The van der Waals surface area contributed by atoms with Crippen LogP contribution >= 0.6 is 0 Å². The Labute approximate surface area is 152 Å². The van der Waals surface area contributed by atoms with E-state index in [-0.39, 0.29) is 12.7 Å². The molecule has 0 unspecified atom stereocenters. The van der Waals surface area contributed by atoms with Crippen molar-refractivity contribution in [1.29, 1.82) is 0 Å². The normalized spacial score (nSPS) is 21.0. The van der Waals surface area contributed by atoms with Gasteiger partial charge in [0.05, 0.1) is 13.2 Å². The third kappa shape index (κ3) is 3.66. The van der Waals surface area contributed by atoms with Crippen LogP contribution in [0.1, 0.15) is 5.56 Å². The molecule has 0 aliphatic carbocycles. The van der Waals surface area contributed by atoms with Crippen molar-refractivity contribution in [2.24, 2.45) is 4.99 Å². The van der Waals surface area contributed by atoms with Crippen molar-refractivity contribution >= 4 is 17.9 Å². The quantitative estimate of drug-likeness (QED) is 0.791. The minimum Gasteiger partial charge on any atom is -0.454 e. The summed E-state index contributed by atoms with van der Waals surface area (Å²) in [5, 5.41) is 2.83. The number of rotatable bonds is 4. The Bertz CT molecular complexity index is 756. The van der Waals surface area contributed by atoms with Crippen LogP contribution in [0.5, 0.6) is 11.5 Å². The first kappa shape index (κ1) is 16.9. The Hall–Kier alpha value is -2.58. The molecule has 1 aromatic rings. The van der Waals surface area contributed by atoms with Crippen molar-refractivity contribution in [2.45, 2.75) is 0 Å². The van der Waals surface area contributed by atoms with E-state index in [1.54, 1.807) is 6.08 Å². The van der Waals surface area contributed by atoms with Crippen LogP contribution in [0.4, 0.5) is 0 Å². The number of amides is 1. The summed E-state index contributed by atoms with van der Waals surface area (Å²) in [7, 11) is 1.93. The van der Waals surface area contributed by atoms with E-state index in [1.807, 2.05) is 30.1 Å². The van der Waals surface area contributed by atoms with Crippen molar-refractivity contribution in [1.82, 2.24) is 15.1 Å². The topological polar surface area (TPSA) is 75.6 Å². The first-order valence-corrected chi connectivity index (χ1v) is 8.72. The maximum absolute atomic E-state index is 12.2. The number of aliphatic imine (C=N–C) groups is 1. The highest BCUT2D eigenvalue weighted by Crippen LogP contribution is 2.33. The smallest absolute Gasteiger partial charge is 0.276 e. The summed E-state index contributed by atoms with van der Waals surface area (Å²) in [6.07, 6.45) is 1.75. The molecule has 3 heterocycles. The van der Waals surface area contributed by atoms with E-state index < -0.39 is 0 Å². The summed E-state index contributed by atoms with van der Waals surface area (Å²) in [5.41, 5.74) is 1.23. The van der Waals surface area contributed by atoms with E-state index in [4.69, 9.17) is 14.2 Å².